The van der Waals surface area contributed by atoms with Gasteiger partial charge in [-0.3, -0.25) is 0 Å². The Labute approximate surface area is 286 Å². The van der Waals surface area contributed by atoms with Crippen molar-refractivity contribution < 1.29 is 0 Å². The van der Waals surface area contributed by atoms with Crippen LogP contribution in [0.5, 0.6) is 0 Å². The first-order chi connectivity index (χ1) is 24.3. The molecular weight excluding hydrogens is 595 g/mol. The van der Waals surface area contributed by atoms with Gasteiger partial charge in [-0.05, 0) is 50.6 Å². The van der Waals surface area contributed by atoms with Gasteiger partial charge in [-0.15, -0.1) is 0 Å². The van der Waals surface area contributed by atoms with E-state index >= 15 is 0 Å². The van der Waals surface area contributed by atoms with E-state index in [0.29, 0.717) is 17.5 Å². The van der Waals surface area contributed by atoms with Crippen molar-refractivity contribution in [1.29, 1.82) is 0 Å². The van der Waals surface area contributed by atoms with Gasteiger partial charge in [0.15, 0.2) is 17.5 Å². The highest BCUT2D eigenvalue weighted by Crippen LogP contribution is 2.56. The van der Waals surface area contributed by atoms with E-state index in [1.165, 1.54) is 33.4 Å². The van der Waals surface area contributed by atoms with Crippen molar-refractivity contribution in [3.63, 3.8) is 0 Å². The van der Waals surface area contributed by atoms with Gasteiger partial charge >= 0.3 is 0 Å². The standard InChI is InChI=1S/C46H31N3/c1-5-17-32(18-6-1)37-25-13-14-27-40(37)45-48-43(33-19-7-2-8-20-33)47-44(49-45)34-29-30-39-38-26-15-16-28-41(38)46(42(39)31-34,35-21-9-3-10-22-35)36-23-11-4-12-24-36/h1-31H. The number of fused-ring (bicyclic) bond motifs is 3. The molecule has 49 heavy (non-hydrogen) atoms. The molecule has 7 aromatic carbocycles. The molecule has 3 heteroatoms. The van der Waals surface area contributed by atoms with Crippen molar-refractivity contribution in [2.24, 2.45) is 0 Å². The van der Waals surface area contributed by atoms with Crippen LogP contribution in [0.4, 0.5) is 0 Å². The minimum atomic E-state index is -0.511. The lowest BCUT2D eigenvalue weighted by molar-refractivity contribution is 0.768. The summed E-state index contributed by atoms with van der Waals surface area (Å²) in [6.45, 7) is 0. The van der Waals surface area contributed by atoms with E-state index in [-0.39, 0.29) is 0 Å². The third kappa shape index (κ3) is 4.78. The Balaban J connectivity index is 1.30. The van der Waals surface area contributed by atoms with Crippen molar-refractivity contribution in [3.05, 3.63) is 210 Å². The zero-order valence-corrected chi connectivity index (χ0v) is 26.7. The Morgan fingerprint density at radius 3 is 1.37 bits per heavy atom. The molecule has 0 bridgehead atoms. The average Bonchev–Trinajstić information content (AvgIpc) is 3.49. The zero-order chi connectivity index (χ0) is 32.6. The van der Waals surface area contributed by atoms with Crippen LogP contribution in [0.25, 0.3) is 56.4 Å². The molecule has 0 unspecified atom stereocenters. The third-order valence-electron chi connectivity index (χ3n) is 9.64. The average molecular weight is 626 g/mol. The molecule has 230 valence electrons. The molecule has 0 aliphatic heterocycles. The topological polar surface area (TPSA) is 38.7 Å². The van der Waals surface area contributed by atoms with E-state index in [1.807, 2.05) is 30.3 Å². The maximum Gasteiger partial charge on any atom is 0.164 e. The van der Waals surface area contributed by atoms with E-state index in [2.05, 4.69) is 158 Å². The molecule has 1 aliphatic carbocycles. The van der Waals surface area contributed by atoms with Crippen LogP contribution in [-0.4, -0.2) is 15.0 Å². The van der Waals surface area contributed by atoms with Crippen LogP contribution in [0.1, 0.15) is 22.3 Å². The number of rotatable bonds is 6. The van der Waals surface area contributed by atoms with Gasteiger partial charge in [-0.1, -0.05) is 182 Å². The van der Waals surface area contributed by atoms with E-state index in [4.69, 9.17) is 15.0 Å². The largest absolute Gasteiger partial charge is 0.208 e. The predicted octanol–water partition coefficient (Wildman–Crippen LogP) is 10.9. The molecule has 0 spiro atoms. The maximum atomic E-state index is 5.23. The van der Waals surface area contributed by atoms with Gasteiger partial charge in [0.05, 0.1) is 5.41 Å². The third-order valence-corrected chi connectivity index (χ3v) is 9.64. The van der Waals surface area contributed by atoms with Gasteiger partial charge in [0.1, 0.15) is 0 Å². The minimum Gasteiger partial charge on any atom is -0.208 e. The summed E-state index contributed by atoms with van der Waals surface area (Å²) >= 11 is 0. The second-order valence-corrected chi connectivity index (χ2v) is 12.4. The summed E-state index contributed by atoms with van der Waals surface area (Å²) < 4.78 is 0. The molecule has 0 amide bonds. The molecule has 9 rings (SSSR count). The lowest BCUT2D eigenvalue weighted by Gasteiger charge is -2.34. The first-order valence-corrected chi connectivity index (χ1v) is 16.6. The van der Waals surface area contributed by atoms with E-state index in [9.17, 15) is 0 Å². The quantitative estimate of drug-likeness (QED) is 0.185. The fourth-order valence-electron chi connectivity index (χ4n) is 7.47. The van der Waals surface area contributed by atoms with Crippen molar-refractivity contribution in [1.82, 2.24) is 15.0 Å². The summed E-state index contributed by atoms with van der Waals surface area (Å²) in [6.07, 6.45) is 0. The van der Waals surface area contributed by atoms with Crippen molar-refractivity contribution in [3.8, 4) is 56.4 Å². The van der Waals surface area contributed by atoms with Crippen molar-refractivity contribution in [2.45, 2.75) is 5.41 Å². The molecule has 1 aromatic heterocycles. The molecule has 0 saturated heterocycles. The minimum absolute atomic E-state index is 0.511. The molecule has 8 aromatic rings. The second-order valence-electron chi connectivity index (χ2n) is 12.4. The highest BCUT2D eigenvalue weighted by Gasteiger charge is 2.46. The van der Waals surface area contributed by atoms with Crippen LogP contribution < -0.4 is 0 Å². The predicted molar refractivity (Wildman–Crippen MR) is 199 cm³/mol. The summed E-state index contributed by atoms with van der Waals surface area (Å²) in [5.41, 5.74) is 12.0. The monoisotopic (exact) mass is 625 g/mol. The Hall–Kier alpha value is -6.45. The summed E-state index contributed by atoms with van der Waals surface area (Å²) in [5.74, 6) is 1.93. The number of hydrogen-bond acceptors (Lipinski definition) is 3. The van der Waals surface area contributed by atoms with Crippen LogP contribution in [-0.2, 0) is 5.41 Å². The number of aromatic nitrogens is 3. The van der Waals surface area contributed by atoms with Crippen molar-refractivity contribution >= 4 is 0 Å². The highest BCUT2D eigenvalue weighted by molar-refractivity contribution is 5.88. The Kier molecular flexibility index (Phi) is 7.02. The normalized spacial score (nSPS) is 12.7. The molecule has 0 atom stereocenters. The Bertz CT molecular complexity index is 2380. The van der Waals surface area contributed by atoms with E-state index < -0.39 is 5.41 Å². The Morgan fingerprint density at radius 1 is 0.286 bits per heavy atom. The first-order valence-electron chi connectivity index (χ1n) is 16.6. The SMILES string of the molecule is c1ccc(-c2nc(-c3ccc4c(c3)C(c3ccccc3)(c3ccccc3)c3ccccc3-4)nc(-c3ccccc3-c3ccccc3)n2)cc1. The second kappa shape index (κ2) is 12.0. The maximum absolute atomic E-state index is 5.23. The number of hydrogen-bond donors (Lipinski definition) is 0. The van der Waals surface area contributed by atoms with Gasteiger partial charge in [-0.2, -0.15) is 0 Å². The van der Waals surface area contributed by atoms with Gasteiger partial charge in [0.2, 0.25) is 0 Å². The molecule has 1 aliphatic rings. The lowest BCUT2D eigenvalue weighted by atomic mass is 9.67. The van der Waals surface area contributed by atoms with Gasteiger partial charge in [-0.25, -0.2) is 15.0 Å². The molecule has 1 heterocycles. The number of benzene rings is 7. The van der Waals surface area contributed by atoms with Crippen LogP contribution in [0.3, 0.4) is 0 Å². The Morgan fingerprint density at radius 2 is 0.735 bits per heavy atom. The summed E-state index contributed by atoms with van der Waals surface area (Å²) in [4.78, 5) is 15.5. The smallest absolute Gasteiger partial charge is 0.164 e. The summed E-state index contributed by atoms with van der Waals surface area (Å²) in [5, 5.41) is 0. The van der Waals surface area contributed by atoms with Crippen LogP contribution >= 0.6 is 0 Å². The molecule has 3 nitrogen and oxygen atoms in total. The molecular formula is C46H31N3. The van der Waals surface area contributed by atoms with E-state index in [1.54, 1.807) is 0 Å². The molecule has 0 N–H and O–H groups in total. The number of nitrogens with zero attached hydrogens (tertiary/aromatic N) is 3. The zero-order valence-electron chi connectivity index (χ0n) is 26.7. The first kappa shape index (κ1) is 28.7. The van der Waals surface area contributed by atoms with Crippen LogP contribution in [0, 0.1) is 0 Å². The van der Waals surface area contributed by atoms with Crippen molar-refractivity contribution in [2.75, 3.05) is 0 Å². The van der Waals surface area contributed by atoms with E-state index in [0.717, 1.165) is 27.8 Å². The van der Waals surface area contributed by atoms with Gasteiger partial charge in [0, 0.05) is 16.7 Å². The molecule has 0 radical (unpaired) electrons. The van der Waals surface area contributed by atoms with Gasteiger partial charge in [0.25, 0.3) is 0 Å². The van der Waals surface area contributed by atoms with Gasteiger partial charge < -0.3 is 0 Å². The van der Waals surface area contributed by atoms with Crippen LogP contribution in [0.2, 0.25) is 0 Å². The molecule has 0 fully saturated rings. The highest BCUT2D eigenvalue weighted by atomic mass is 15.0. The fraction of sp³-hybridized carbons (Fsp3) is 0.0217. The van der Waals surface area contributed by atoms with Crippen LogP contribution in [0.15, 0.2) is 188 Å². The lowest BCUT2D eigenvalue weighted by Crippen LogP contribution is -2.28. The summed E-state index contributed by atoms with van der Waals surface area (Å²) in [7, 11) is 0. The molecule has 0 saturated carbocycles. The summed E-state index contributed by atoms with van der Waals surface area (Å²) in [6, 6.07) is 66.2. The fourth-order valence-corrected chi connectivity index (χ4v) is 7.47.